The van der Waals surface area contributed by atoms with E-state index in [1.54, 1.807) is 0 Å². The van der Waals surface area contributed by atoms with Crippen LogP contribution >= 0.6 is 0 Å². The highest BCUT2D eigenvalue weighted by Crippen LogP contribution is 2.50. The van der Waals surface area contributed by atoms with Crippen LogP contribution in [0.3, 0.4) is 0 Å². The van der Waals surface area contributed by atoms with Gasteiger partial charge in [0.05, 0.1) is 34.3 Å². The van der Waals surface area contributed by atoms with Crippen molar-refractivity contribution in [2.45, 2.75) is 32.1 Å². The number of nitriles is 2. The molecule has 4 aromatic carbocycles. The van der Waals surface area contributed by atoms with Crippen molar-refractivity contribution in [2.75, 3.05) is 4.90 Å². The number of benzene rings is 4. The number of nitrogens with zero attached hydrogens (tertiary/aromatic N) is 4. The van der Waals surface area contributed by atoms with Crippen LogP contribution in [-0.2, 0) is 5.41 Å². The fourth-order valence-corrected chi connectivity index (χ4v) is 6.42. The Morgan fingerprint density at radius 2 is 1.41 bits per heavy atom. The van der Waals surface area contributed by atoms with Crippen LogP contribution in [0, 0.1) is 22.7 Å². The predicted octanol–water partition coefficient (Wildman–Crippen LogP) is 8.86. The lowest BCUT2D eigenvalue weighted by molar-refractivity contribution is 0.585. The van der Waals surface area contributed by atoms with Crippen molar-refractivity contribution in [1.82, 2.24) is 4.57 Å². The van der Waals surface area contributed by atoms with Crippen LogP contribution < -0.4 is 4.90 Å². The predicted molar refractivity (Wildman–Crippen MR) is 158 cm³/mol. The lowest BCUT2D eigenvalue weighted by Gasteiger charge is -2.37. The normalized spacial score (nSPS) is 15.2. The Kier molecular flexibility index (Phi) is 5.02. The standard InChI is InChI=1S/C35H26N4/c1-35(2)30-7-3-4-9-33(30)39-32-19-18-27(20-29(32)28-6-5-8-31(35)34(28)39)38(25-14-10-23(21-36)11-15-25)26-16-12-24(22-37)13-17-26/h4-6,8-20H,3,7H2,1-2H3. The van der Waals surface area contributed by atoms with Gasteiger partial charge in [0.25, 0.3) is 0 Å². The van der Waals surface area contributed by atoms with Crippen LogP contribution in [-0.4, -0.2) is 4.57 Å². The second-order valence-electron chi connectivity index (χ2n) is 10.8. The van der Waals surface area contributed by atoms with Gasteiger partial charge in [-0.2, -0.15) is 10.5 Å². The molecule has 4 heteroatoms. The van der Waals surface area contributed by atoms with Crippen molar-refractivity contribution >= 4 is 44.6 Å². The summed E-state index contributed by atoms with van der Waals surface area (Å²) in [6, 6.07) is 33.1. The molecule has 0 spiro atoms. The number of allylic oxidation sites excluding steroid dienone is 4. The average Bonchev–Trinajstić information content (AvgIpc) is 3.31. The molecule has 7 rings (SSSR count). The highest BCUT2D eigenvalue weighted by molar-refractivity contribution is 6.14. The lowest BCUT2D eigenvalue weighted by atomic mass is 9.71. The molecule has 0 atom stereocenters. The first-order valence-electron chi connectivity index (χ1n) is 13.3. The molecule has 0 unspecified atom stereocenters. The van der Waals surface area contributed by atoms with Crippen LogP contribution in [0.1, 0.15) is 43.4 Å². The molecule has 0 bridgehead atoms. The largest absolute Gasteiger partial charge is 0.310 e. The molecular formula is C35H26N4. The minimum Gasteiger partial charge on any atom is -0.310 e. The van der Waals surface area contributed by atoms with E-state index >= 15 is 0 Å². The summed E-state index contributed by atoms with van der Waals surface area (Å²) in [5.41, 5.74) is 10.8. The molecule has 1 aliphatic heterocycles. The maximum Gasteiger partial charge on any atom is 0.0991 e. The fraction of sp³-hybridized carbons (Fsp3) is 0.143. The van der Waals surface area contributed by atoms with Gasteiger partial charge in [0.2, 0.25) is 0 Å². The molecule has 2 heterocycles. The van der Waals surface area contributed by atoms with E-state index in [2.05, 4.69) is 84.0 Å². The lowest BCUT2D eigenvalue weighted by Crippen LogP contribution is -2.28. The number of rotatable bonds is 3. The van der Waals surface area contributed by atoms with Gasteiger partial charge in [-0.25, -0.2) is 0 Å². The molecule has 5 aromatic rings. The van der Waals surface area contributed by atoms with Crippen LogP contribution in [0.4, 0.5) is 17.1 Å². The number of hydrogen-bond donors (Lipinski definition) is 0. The molecule has 2 aliphatic rings. The SMILES string of the molecule is CC1(C)C2=C(C=CCC2)n2c3ccc(N(c4ccc(C#N)cc4)c4ccc(C#N)cc4)cc3c3cccc1c32. The molecule has 4 nitrogen and oxygen atoms in total. The van der Waals surface area contributed by atoms with Crippen molar-refractivity contribution in [3.05, 3.63) is 119 Å². The second-order valence-corrected chi connectivity index (χ2v) is 10.8. The Bertz CT molecular complexity index is 1880. The van der Waals surface area contributed by atoms with Gasteiger partial charge in [-0.05, 0) is 96.8 Å². The van der Waals surface area contributed by atoms with Crippen molar-refractivity contribution in [1.29, 1.82) is 10.5 Å². The Morgan fingerprint density at radius 3 is 2.05 bits per heavy atom. The molecule has 39 heavy (non-hydrogen) atoms. The van der Waals surface area contributed by atoms with Gasteiger partial charge < -0.3 is 9.47 Å². The first kappa shape index (κ1) is 23.1. The zero-order chi connectivity index (χ0) is 26.7. The number of aromatic nitrogens is 1. The first-order chi connectivity index (χ1) is 19.0. The summed E-state index contributed by atoms with van der Waals surface area (Å²) >= 11 is 0. The minimum absolute atomic E-state index is 0.0240. The topological polar surface area (TPSA) is 55.8 Å². The highest BCUT2D eigenvalue weighted by Gasteiger charge is 2.36. The minimum atomic E-state index is -0.0240. The van der Waals surface area contributed by atoms with E-state index in [0.29, 0.717) is 11.1 Å². The van der Waals surface area contributed by atoms with Crippen molar-refractivity contribution < 1.29 is 0 Å². The van der Waals surface area contributed by atoms with E-state index in [4.69, 9.17) is 0 Å². The Balaban J connectivity index is 1.49. The van der Waals surface area contributed by atoms with Crippen molar-refractivity contribution in [3.8, 4) is 12.1 Å². The molecule has 0 saturated carbocycles. The number of hydrogen-bond acceptors (Lipinski definition) is 3. The Morgan fingerprint density at radius 1 is 0.769 bits per heavy atom. The first-order valence-corrected chi connectivity index (χ1v) is 13.3. The van der Waals surface area contributed by atoms with E-state index < -0.39 is 0 Å². The number of fused-ring (bicyclic) bond motifs is 4. The molecule has 0 N–H and O–H groups in total. The molecule has 1 aliphatic carbocycles. The van der Waals surface area contributed by atoms with Gasteiger partial charge in [-0.3, -0.25) is 0 Å². The summed E-state index contributed by atoms with van der Waals surface area (Å²) in [5, 5.41) is 21.2. The summed E-state index contributed by atoms with van der Waals surface area (Å²) in [6.45, 7) is 4.72. The third-order valence-electron chi connectivity index (χ3n) is 8.35. The zero-order valence-corrected chi connectivity index (χ0v) is 21.9. The molecule has 0 fully saturated rings. The smallest absolute Gasteiger partial charge is 0.0991 e. The third-order valence-corrected chi connectivity index (χ3v) is 8.35. The van der Waals surface area contributed by atoms with E-state index in [-0.39, 0.29) is 5.41 Å². The summed E-state index contributed by atoms with van der Waals surface area (Å²) in [5.74, 6) is 0. The second kappa shape index (κ2) is 8.48. The van der Waals surface area contributed by atoms with E-state index in [0.717, 1.165) is 29.9 Å². The fourth-order valence-electron chi connectivity index (χ4n) is 6.42. The van der Waals surface area contributed by atoms with Gasteiger partial charge >= 0.3 is 0 Å². The summed E-state index contributed by atoms with van der Waals surface area (Å²) in [7, 11) is 0. The van der Waals surface area contributed by atoms with Gasteiger partial charge in [0.1, 0.15) is 0 Å². The quantitative estimate of drug-likeness (QED) is 0.248. The third kappa shape index (κ3) is 3.36. The van der Waals surface area contributed by atoms with E-state index in [9.17, 15) is 10.5 Å². The van der Waals surface area contributed by atoms with Gasteiger partial charge in [0.15, 0.2) is 0 Å². The van der Waals surface area contributed by atoms with Crippen molar-refractivity contribution in [3.63, 3.8) is 0 Å². The van der Waals surface area contributed by atoms with Crippen LogP contribution in [0.5, 0.6) is 0 Å². The summed E-state index contributed by atoms with van der Waals surface area (Å²) in [6.07, 6.45) is 6.77. The maximum absolute atomic E-state index is 9.35. The van der Waals surface area contributed by atoms with Crippen molar-refractivity contribution in [2.24, 2.45) is 0 Å². The molecule has 0 saturated heterocycles. The van der Waals surface area contributed by atoms with E-state index in [1.807, 2.05) is 48.5 Å². The number of anilines is 3. The number of para-hydroxylation sites is 1. The molecule has 0 radical (unpaired) electrons. The summed E-state index contributed by atoms with van der Waals surface area (Å²) < 4.78 is 2.47. The van der Waals surface area contributed by atoms with Crippen LogP contribution in [0.15, 0.2) is 103 Å². The summed E-state index contributed by atoms with van der Waals surface area (Å²) in [4.78, 5) is 2.18. The molecule has 0 amide bonds. The van der Waals surface area contributed by atoms with E-state index in [1.165, 1.54) is 38.6 Å². The van der Waals surface area contributed by atoms with Crippen LogP contribution in [0.25, 0.3) is 27.5 Å². The highest BCUT2D eigenvalue weighted by atomic mass is 15.1. The Hall–Kier alpha value is -5.06. The monoisotopic (exact) mass is 502 g/mol. The van der Waals surface area contributed by atoms with Crippen LogP contribution in [0.2, 0.25) is 0 Å². The molecule has 1 aromatic heterocycles. The van der Waals surface area contributed by atoms with Gasteiger partial charge in [0, 0.05) is 38.9 Å². The van der Waals surface area contributed by atoms with Gasteiger partial charge in [-0.1, -0.05) is 38.1 Å². The maximum atomic E-state index is 9.35. The zero-order valence-electron chi connectivity index (χ0n) is 21.9. The van der Waals surface area contributed by atoms with Gasteiger partial charge in [-0.15, -0.1) is 0 Å². The molecular weight excluding hydrogens is 476 g/mol. The Labute approximate surface area is 227 Å². The molecule has 186 valence electrons. The average molecular weight is 503 g/mol.